The van der Waals surface area contributed by atoms with Crippen molar-refractivity contribution in [3.05, 3.63) is 41.6 Å². The second-order valence-corrected chi connectivity index (χ2v) is 4.09. The van der Waals surface area contributed by atoms with Crippen molar-refractivity contribution in [2.24, 2.45) is 7.05 Å². The van der Waals surface area contributed by atoms with E-state index in [0.29, 0.717) is 12.3 Å². The largest absolute Gasteiger partial charge is 0.475 e. The third kappa shape index (κ3) is 3.61. The van der Waals surface area contributed by atoms with E-state index in [1.54, 1.807) is 24.0 Å². The number of aromatic carboxylic acids is 1. The molecule has 106 valence electrons. The number of urea groups is 1. The Morgan fingerprint density at radius 1 is 1.30 bits per heavy atom. The van der Waals surface area contributed by atoms with Crippen molar-refractivity contribution in [1.82, 2.24) is 20.4 Å². The first-order valence-electron chi connectivity index (χ1n) is 5.87. The fraction of sp³-hybridized carbons (Fsp3) is 0.250. The highest BCUT2D eigenvalue weighted by Crippen LogP contribution is 2.07. The maximum atomic E-state index is 11.5. The molecule has 0 saturated heterocycles. The van der Waals surface area contributed by atoms with Crippen LogP contribution in [0.1, 0.15) is 22.0 Å². The van der Waals surface area contributed by atoms with Gasteiger partial charge in [-0.2, -0.15) is 5.10 Å². The maximum absolute atomic E-state index is 11.5. The molecular formula is C12H14N4O4. The minimum Gasteiger partial charge on any atom is -0.475 e. The third-order valence-corrected chi connectivity index (χ3v) is 2.49. The van der Waals surface area contributed by atoms with Gasteiger partial charge in [0.1, 0.15) is 5.76 Å². The van der Waals surface area contributed by atoms with Crippen LogP contribution >= 0.6 is 0 Å². The van der Waals surface area contributed by atoms with Gasteiger partial charge in [0.05, 0.1) is 18.8 Å². The first-order valence-corrected chi connectivity index (χ1v) is 5.87. The normalized spacial score (nSPS) is 10.2. The van der Waals surface area contributed by atoms with E-state index in [9.17, 15) is 9.59 Å². The predicted octanol–water partition coefficient (Wildman–Crippen LogP) is 0.711. The summed E-state index contributed by atoms with van der Waals surface area (Å²) in [6.45, 7) is 0.423. The number of aromatic nitrogens is 2. The Kier molecular flexibility index (Phi) is 4.04. The van der Waals surface area contributed by atoms with Gasteiger partial charge in [0, 0.05) is 13.2 Å². The van der Waals surface area contributed by atoms with Crippen LogP contribution in [0.25, 0.3) is 0 Å². The number of furan rings is 1. The van der Waals surface area contributed by atoms with Gasteiger partial charge in [0.2, 0.25) is 5.76 Å². The lowest BCUT2D eigenvalue weighted by Crippen LogP contribution is -2.34. The average Bonchev–Trinajstić information content (AvgIpc) is 3.03. The lowest BCUT2D eigenvalue weighted by molar-refractivity contribution is 0.0660. The number of rotatable bonds is 5. The van der Waals surface area contributed by atoms with Gasteiger partial charge in [0.25, 0.3) is 0 Å². The van der Waals surface area contributed by atoms with Crippen molar-refractivity contribution in [1.29, 1.82) is 0 Å². The molecule has 2 rings (SSSR count). The molecule has 20 heavy (non-hydrogen) atoms. The van der Waals surface area contributed by atoms with Crippen molar-refractivity contribution in [2.45, 2.75) is 13.1 Å². The average molecular weight is 278 g/mol. The van der Waals surface area contributed by atoms with E-state index < -0.39 is 5.97 Å². The number of carboxylic acid groups (broad SMARTS) is 1. The molecule has 0 atom stereocenters. The number of carboxylic acids is 1. The molecule has 0 unspecified atom stereocenters. The van der Waals surface area contributed by atoms with E-state index in [1.807, 2.05) is 0 Å². The summed E-state index contributed by atoms with van der Waals surface area (Å²) >= 11 is 0. The zero-order chi connectivity index (χ0) is 14.5. The number of hydrogen-bond donors (Lipinski definition) is 3. The van der Waals surface area contributed by atoms with Crippen LogP contribution in [0, 0.1) is 0 Å². The molecule has 0 aliphatic carbocycles. The van der Waals surface area contributed by atoms with Crippen LogP contribution < -0.4 is 10.6 Å². The van der Waals surface area contributed by atoms with Gasteiger partial charge in [-0.25, -0.2) is 9.59 Å². The lowest BCUT2D eigenvalue weighted by atomic mass is 10.4. The van der Waals surface area contributed by atoms with Gasteiger partial charge in [-0.05, 0) is 18.2 Å². The molecule has 8 heteroatoms. The molecule has 2 aromatic heterocycles. The second-order valence-electron chi connectivity index (χ2n) is 4.09. The monoisotopic (exact) mass is 278 g/mol. The Morgan fingerprint density at radius 3 is 2.65 bits per heavy atom. The summed E-state index contributed by atoms with van der Waals surface area (Å²) in [6, 6.07) is 4.25. The van der Waals surface area contributed by atoms with E-state index in [1.165, 1.54) is 12.1 Å². The Hall–Kier alpha value is -2.77. The van der Waals surface area contributed by atoms with Gasteiger partial charge in [-0.3, -0.25) is 4.68 Å². The second kappa shape index (κ2) is 5.91. The molecule has 0 radical (unpaired) electrons. The molecule has 2 aromatic rings. The highest BCUT2D eigenvalue weighted by molar-refractivity contribution is 5.84. The number of nitrogens with zero attached hydrogens (tertiary/aromatic N) is 2. The third-order valence-electron chi connectivity index (χ3n) is 2.49. The molecular weight excluding hydrogens is 264 g/mol. The van der Waals surface area contributed by atoms with Gasteiger partial charge >= 0.3 is 12.0 Å². The quantitative estimate of drug-likeness (QED) is 0.746. The fourth-order valence-electron chi connectivity index (χ4n) is 1.55. The van der Waals surface area contributed by atoms with E-state index in [2.05, 4.69) is 15.7 Å². The summed E-state index contributed by atoms with van der Waals surface area (Å²) in [5, 5.41) is 18.0. The van der Waals surface area contributed by atoms with Crippen molar-refractivity contribution in [3.8, 4) is 0 Å². The zero-order valence-corrected chi connectivity index (χ0v) is 10.8. The van der Waals surface area contributed by atoms with Crippen LogP contribution in [0.4, 0.5) is 4.79 Å². The molecule has 0 fully saturated rings. The van der Waals surface area contributed by atoms with E-state index in [0.717, 1.165) is 5.69 Å². The molecule has 0 saturated carbocycles. The van der Waals surface area contributed by atoms with Gasteiger partial charge in [-0.15, -0.1) is 0 Å². The van der Waals surface area contributed by atoms with Crippen LogP contribution in [0.3, 0.4) is 0 Å². The van der Waals surface area contributed by atoms with Crippen LogP contribution in [-0.4, -0.2) is 26.9 Å². The van der Waals surface area contributed by atoms with E-state index in [-0.39, 0.29) is 18.3 Å². The molecule has 0 aliphatic heterocycles. The highest BCUT2D eigenvalue weighted by Gasteiger charge is 2.09. The molecule has 2 heterocycles. The molecule has 3 N–H and O–H groups in total. The van der Waals surface area contributed by atoms with Crippen LogP contribution in [0.5, 0.6) is 0 Å². The first kappa shape index (κ1) is 13.7. The molecule has 0 bridgehead atoms. The fourth-order valence-corrected chi connectivity index (χ4v) is 1.55. The number of carbonyl (C=O) groups is 2. The summed E-state index contributed by atoms with van der Waals surface area (Å²) in [5.41, 5.74) is 0.744. The Morgan fingerprint density at radius 2 is 2.05 bits per heavy atom. The van der Waals surface area contributed by atoms with Crippen molar-refractivity contribution in [2.75, 3.05) is 0 Å². The van der Waals surface area contributed by atoms with Crippen LogP contribution in [0.15, 0.2) is 28.8 Å². The molecule has 2 amide bonds. The van der Waals surface area contributed by atoms with Crippen LogP contribution in [-0.2, 0) is 20.1 Å². The maximum Gasteiger partial charge on any atom is 0.371 e. The standard InChI is InChI=1S/C12H14N4O4/c1-16-5-4-8(15-16)6-13-12(19)14-7-9-2-3-10(20-9)11(17)18/h2-5H,6-7H2,1H3,(H,17,18)(H2,13,14,19). The Bertz CT molecular complexity index is 617. The molecule has 0 aromatic carbocycles. The number of carbonyl (C=O) groups excluding carboxylic acids is 1. The number of aryl methyl sites for hydroxylation is 1. The van der Waals surface area contributed by atoms with E-state index >= 15 is 0 Å². The topological polar surface area (TPSA) is 109 Å². The molecule has 0 aliphatic rings. The summed E-state index contributed by atoms with van der Waals surface area (Å²) in [6.07, 6.45) is 1.78. The Balaban J connectivity index is 1.75. The Labute approximate surface area is 114 Å². The van der Waals surface area contributed by atoms with Gasteiger partial charge < -0.3 is 20.2 Å². The number of hydrogen-bond acceptors (Lipinski definition) is 4. The van der Waals surface area contributed by atoms with Crippen molar-refractivity contribution >= 4 is 12.0 Å². The van der Waals surface area contributed by atoms with Gasteiger partial charge in [-0.1, -0.05) is 0 Å². The number of nitrogens with one attached hydrogen (secondary N) is 2. The zero-order valence-electron chi connectivity index (χ0n) is 10.8. The SMILES string of the molecule is Cn1ccc(CNC(=O)NCc2ccc(C(=O)O)o2)n1. The smallest absolute Gasteiger partial charge is 0.371 e. The predicted molar refractivity (Wildman–Crippen MR) is 68.0 cm³/mol. The summed E-state index contributed by atoms with van der Waals surface area (Å²) < 4.78 is 6.65. The minimum absolute atomic E-state index is 0.112. The van der Waals surface area contributed by atoms with Crippen molar-refractivity contribution in [3.63, 3.8) is 0 Å². The lowest BCUT2D eigenvalue weighted by Gasteiger charge is -2.04. The van der Waals surface area contributed by atoms with Crippen molar-refractivity contribution < 1.29 is 19.1 Å². The minimum atomic E-state index is -1.14. The van der Waals surface area contributed by atoms with Crippen LogP contribution in [0.2, 0.25) is 0 Å². The first-order chi connectivity index (χ1) is 9.54. The summed E-state index contributed by atoms with van der Waals surface area (Å²) in [5.74, 6) is -0.929. The number of amides is 2. The molecule has 0 spiro atoms. The highest BCUT2D eigenvalue weighted by atomic mass is 16.4. The van der Waals surface area contributed by atoms with E-state index in [4.69, 9.17) is 9.52 Å². The molecule has 8 nitrogen and oxygen atoms in total. The van der Waals surface area contributed by atoms with Gasteiger partial charge in [0.15, 0.2) is 0 Å². The summed E-state index contributed by atoms with van der Waals surface area (Å²) in [7, 11) is 1.79. The summed E-state index contributed by atoms with van der Waals surface area (Å²) in [4.78, 5) is 22.1.